The predicted molar refractivity (Wildman–Crippen MR) is 136 cm³/mol. The van der Waals surface area contributed by atoms with E-state index in [1.165, 1.54) is 0 Å². The number of carbonyl (C=O) groups excluding carboxylic acids is 1. The molecule has 0 atom stereocenters. The summed E-state index contributed by atoms with van der Waals surface area (Å²) in [4.78, 5) is 20.5. The molecule has 0 amide bonds. The average Bonchev–Trinajstić information content (AvgIpc) is 2.88. The molecule has 0 fully saturated rings. The summed E-state index contributed by atoms with van der Waals surface area (Å²) in [6.07, 6.45) is 8.10. The summed E-state index contributed by atoms with van der Waals surface area (Å²) in [5.74, 6) is -0.289. The number of ketones is 1. The lowest BCUT2D eigenvalue weighted by Gasteiger charge is -2.38. The van der Waals surface area contributed by atoms with E-state index >= 15 is 0 Å². The second-order valence-corrected chi connectivity index (χ2v) is 10.2. The lowest BCUT2D eigenvalue weighted by molar-refractivity contribution is -0.110. The fraction of sp³-hybridized carbons (Fsp3) is 0.448. The molecule has 0 saturated heterocycles. The number of aliphatic hydroxyl groups is 1. The van der Waals surface area contributed by atoms with Crippen LogP contribution in [0.1, 0.15) is 66.8 Å². The van der Waals surface area contributed by atoms with Crippen molar-refractivity contribution in [3.8, 4) is 11.5 Å². The number of anilines is 1. The fourth-order valence-corrected chi connectivity index (χ4v) is 6.34. The minimum atomic E-state index is -0.321. The van der Waals surface area contributed by atoms with Crippen molar-refractivity contribution in [3.63, 3.8) is 0 Å². The maximum atomic E-state index is 13.5. The number of rotatable bonds is 4. The monoisotopic (exact) mass is 472 g/mol. The van der Waals surface area contributed by atoms with Gasteiger partial charge in [-0.05, 0) is 74.6 Å². The molecule has 3 N–H and O–H groups in total. The molecule has 0 radical (unpaired) electrons. The largest absolute Gasteiger partial charge is 0.507 e. The van der Waals surface area contributed by atoms with Crippen molar-refractivity contribution in [3.05, 3.63) is 56.3 Å². The van der Waals surface area contributed by atoms with Crippen LogP contribution in [0.5, 0.6) is 11.5 Å². The Bertz CT molecular complexity index is 1420. The highest BCUT2D eigenvalue weighted by atomic mass is 16.3. The Balaban J connectivity index is 1.54. The van der Waals surface area contributed by atoms with Crippen LogP contribution in [-0.4, -0.2) is 40.7 Å². The van der Waals surface area contributed by atoms with Crippen LogP contribution in [0.25, 0.3) is 11.1 Å². The van der Waals surface area contributed by atoms with Crippen LogP contribution in [-0.2, 0) is 30.5 Å². The standard InChI is InChI=1S/C29H32N2O4/c1-2-3-7-16-14-20(26(32)18-9-4-11-30-24(16)18)22-28(34)23(29(22)35)21-15-17-8-5-12-31-13-6-10-19(25(17)31)27(21)33/h14-15,32-34H,2-13H2,1H3/b22-20-. The first-order chi connectivity index (χ1) is 17.0. The molecule has 6 heteroatoms. The van der Waals surface area contributed by atoms with E-state index in [-0.39, 0.29) is 34.2 Å². The molecule has 6 nitrogen and oxygen atoms in total. The van der Waals surface area contributed by atoms with Crippen molar-refractivity contribution < 1.29 is 20.1 Å². The van der Waals surface area contributed by atoms with Crippen LogP contribution in [0.15, 0.2) is 22.9 Å². The van der Waals surface area contributed by atoms with Crippen LogP contribution in [0.3, 0.4) is 0 Å². The summed E-state index contributed by atoms with van der Waals surface area (Å²) in [5, 5.41) is 34.7. The number of aliphatic hydroxyl groups excluding tert-OH is 1. The summed E-state index contributed by atoms with van der Waals surface area (Å²) in [5.41, 5.74) is 5.70. The maximum absolute atomic E-state index is 13.5. The lowest BCUT2D eigenvalue weighted by atomic mass is 9.78. The minimum absolute atomic E-state index is 0.0537. The zero-order valence-electron chi connectivity index (χ0n) is 20.3. The molecule has 0 saturated carbocycles. The Morgan fingerprint density at radius 2 is 1.71 bits per heavy atom. The number of hydrogen-bond acceptors (Lipinski definition) is 6. The number of allylic oxidation sites excluding steroid dienone is 2. The number of unbranched alkanes of at least 4 members (excludes halogenated alkanes) is 1. The van der Waals surface area contributed by atoms with Gasteiger partial charge >= 0.3 is 0 Å². The molecule has 0 aromatic heterocycles. The number of carbonyl (C=O) groups is 1. The van der Waals surface area contributed by atoms with Crippen LogP contribution in [0, 0.1) is 0 Å². The summed E-state index contributed by atoms with van der Waals surface area (Å²) in [7, 11) is 0. The molecule has 2 aromatic rings. The van der Waals surface area contributed by atoms with Gasteiger partial charge in [0.2, 0.25) is 5.78 Å². The highest BCUT2D eigenvalue weighted by molar-refractivity contribution is 6.52. The number of phenolic OH excluding ortho intramolecular Hbond substituents is 2. The van der Waals surface area contributed by atoms with E-state index < -0.39 is 0 Å². The van der Waals surface area contributed by atoms with Crippen molar-refractivity contribution in [1.29, 1.82) is 0 Å². The van der Waals surface area contributed by atoms with Crippen molar-refractivity contribution in [2.24, 2.45) is 4.99 Å². The van der Waals surface area contributed by atoms with Crippen LogP contribution in [0.2, 0.25) is 0 Å². The van der Waals surface area contributed by atoms with Gasteiger partial charge in [0.15, 0.2) is 0 Å². The van der Waals surface area contributed by atoms with E-state index in [0.29, 0.717) is 17.2 Å². The predicted octanol–water partition coefficient (Wildman–Crippen LogP) is 3.41. The first kappa shape index (κ1) is 22.2. The number of nitrogens with zero attached hydrogens (tertiary/aromatic N) is 2. The van der Waals surface area contributed by atoms with E-state index in [4.69, 9.17) is 0 Å². The van der Waals surface area contributed by atoms with Gasteiger partial charge < -0.3 is 20.2 Å². The number of hydrogen-bond donors (Lipinski definition) is 3. The Hall–Kier alpha value is -3.28. The summed E-state index contributed by atoms with van der Waals surface area (Å²) < 4.78 is 0. The molecule has 182 valence electrons. The molecule has 0 bridgehead atoms. The third kappa shape index (κ3) is 3.29. The normalized spacial score (nSPS) is 20.3. The van der Waals surface area contributed by atoms with E-state index in [9.17, 15) is 20.1 Å². The zero-order chi connectivity index (χ0) is 24.3. The number of Topliss-reactive ketones (excluding diaryl/α,β-unsaturated/α-hetero) is 1. The van der Waals surface area contributed by atoms with Gasteiger partial charge in [-0.15, -0.1) is 0 Å². The van der Waals surface area contributed by atoms with E-state index in [1.807, 2.05) is 12.1 Å². The van der Waals surface area contributed by atoms with Gasteiger partial charge in [-0.1, -0.05) is 13.3 Å². The molecule has 0 spiro atoms. The van der Waals surface area contributed by atoms with Gasteiger partial charge in [0.25, 0.3) is 0 Å². The molecular formula is C29H32N2O4. The van der Waals surface area contributed by atoms with Crippen LogP contribution < -0.4 is 15.5 Å². The van der Waals surface area contributed by atoms with Crippen molar-refractivity contribution in [1.82, 2.24) is 0 Å². The third-order valence-electron chi connectivity index (χ3n) is 8.07. The smallest absolute Gasteiger partial charge is 0.202 e. The maximum Gasteiger partial charge on any atom is 0.202 e. The first-order valence-corrected chi connectivity index (χ1v) is 13.0. The third-order valence-corrected chi connectivity index (χ3v) is 8.07. The first-order valence-electron chi connectivity index (χ1n) is 13.0. The van der Waals surface area contributed by atoms with Crippen molar-refractivity contribution in [2.75, 3.05) is 24.5 Å². The van der Waals surface area contributed by atoms with Gasteiger partial charge in [-0.25, -0.2) is 0 Å². The molecule has 35 heavy (non-hydrogen) atoms. The summed E-state index contributed by atoms with van der Waals surface area (Å²) >= 11 is 0. The van der Waals surface area contributed by atoms with Gasteiger partial charge in [0, 0.05) is 47.2 Å². The topological polar surface area (TPSA) is 93.4 Å². The number of phenols is 2. The van der Waals surface area contributed by atoms with Crippen molar-refractivity contribution in [2.45, 2.75) is 64.7 Å². The number of fused-ring (bicyclic) bond motifs is 1. The molecule has 4 aliphatic rings. The van der Waals surface area contributed by atoms with Gasteiger partial charge in [-0.2, -0.15) is 0 Å². The molecule has 3 heterocycles. The Morgan fingerprint density at radius 3 is 2.49 bits per heavy atom. The van der Waals surface area contributed by atoms with Gasteiger partial charge in [0.05, 0.1) is 16.5 Å². The fourth-order valence-electron chi connectivity index (χ4n) is 6.34. The van der Waals surface area contributed by atoms with Crippen LogP contribution in [0.4, 0.5) is 5.69 Å². The van der Waals surface area contributed by atoms with E-state index in [1.54, 1.807) is 0 Å². The Kier molecular flexibility index (Phi) is 5.35. The Morgan fingerprint density at radius 1 is 0.943 bits per heavy atom. The molecule has 2 aromatic carbocycles. The molecule has 6 rings (SSSR count). The quantitative estimate of drug-likeness (QED) is 0.634. The highest BCUT2D eigenvalue weighted by Crippen LogP contribution is 2.47. The summed E-state index contributed by atoms with van der Waals surface area (Å²) in [6.45, 7) is 4.86. The molecule has 0 unspecified atom stereocenters. The number of aryl methyl sites for hydroxylation is 2. The second-order valence-electron chi connectivity index (χ2n) is 10.2. The summed E-state index contributed by atoms with van der Waals surface area (Å²) in [6, 6.07) is 3.73. The second kappa shape index (κ2) is 8.43. The van der Waals surface area contributed by atoms with Gasteiger partial charge in [-0.3, -0.25) is 9.79 Å². The Labute approximate surface area is 204 Å². The SMILES string of the molecule is CCCCc1c/c(=C2/C(=O)C(c3cc4c5c(c3O)CCCN5CCC4)=C2O)c(O)c2c1=NCCC2. The van der Waals surface area contributed by atoms with Gasteiger partial charge in [0.1, 0.15) is 17.3 Å². The molecule has 1 aliphatic carbocycles. The molecule has 3 aliphatic heterocycles. The van der Waals surface area contributed by atoms with E-state index in [0.717, 1.165) is 104 Å². The van der Waals surface area contributed by atoms with E-state index in [2.05, 4.69) is 16.8 Å². The number of benzene rings is 2. The minimum Gasteiger partial charge on any atom is -0.507 e. The average molecular weight is 473 g/mol. The number of aromatic hydroxyl groups is 2. The lowest BCUT2D eigenvalue weighted by Crippen LogP contribution is -2.35. The zero-order valence-corrected chi connectivity index (χ0v) is 20.3. The molecular weight excluding hydrogens is 440 g/mol. The highest BCUT2D eigenvalue weighted by Gasteiger charge is 2.39. The van der Waals surface area contributed by atoms with Crippen molar-refractivity contribution >= 4 is 22.6 Å². The van der Waals surface area contributed by atoms with Crippen LogP contribution >= 0.6 is 0 Å².